The Bertz CT molecular complexity index is 1060. The Morgan fingerprint density at radius 3 is 2.73 bits per heavy atom. The van der Waals surface area contributed by atoms with E-state index in [1.165, 1.54) is 6.26 Å². The van der Waals surface area contributed by atoms with Crippen LogP contribution in [-0.2, 0) is 29.2 Å². The lowest BCUT2D eigenvalue weighted by molar-refractivity contribution is -0.121. The minimum absolute atomic E-state index is 0.0662. The maximum Gasteiger partial charge on any atom is 0.332 e. The molecule has 9 nitrogen and oxygen atoms in total. The fourth-order valence-electron chi connectivity index (χ4n) is 2.54. The van der Waals surface area contributed by atoms with Crippen LogP contribution in [0.5, 0.6) is 0 Å². The first-order valence-corrected chi connectivity index (χ1v) is 8.63. The summed E-state index contributed by atoms with van der Waals surface area (Å²) in [6, 6.07) is 5.02. The molecular formula is C16H16N4O5S. The van der Waals surface area contributed by atoms with E-state index in [4.69, 9.17) is 10.2 Å². The highest BCUT2D eigenvalue weighted by molar-refractivity contribution is 7.17. The summed E-state index contributed by atoms with van der Waals surface area (Å²) in [5.41, 5.74) is 4.40. The maximum atomic E-state index is 12.6. The van der Waals surface area contributed by atoms with Gasteiger partial charge in [0.05, 0.1) is 18.3 Å². The highest BCUT2D eigenvalue weighted by Gasteiger charge is 2.16. The van der Waals surface area contributed by atoms with Gasteiger partial charge in [-0.2, -0.15) is 0 Å². The van der Waals surface area contributed by atoms with Crippen molar-refractivity contribution in [3.05, 3.63) is 56.4 Å². The van der Waals surface area contributed by atoms with Crippen LogP contribution in [0.4, 0.5) is 0 Å². The normalized spacial score (nSPS) is 10.9. The number of primary amides is 1. The number of nitrogens with two attached hydrogens (primary N) is 1. The molecule has 3 rings (SSSR count). The first-order chi connectivity index (χ1) is 12.5. The number of rotatable bonds is 7. The van der Waals surface area contributed by atoms with Crippen LogP contribution in [0.2, 0.25) is 0 Å². The van der Waals surface area contributed by atoms with Gasteiger partial charge in [-0.1, -0.05) is 0 Å². The smallest absolute Gasteiger partial charge is 0.332 e. The SMILES string of the molecule is NC(=O)Cn1c(=O)n(CCC(=O)NCc2ccco2)c(=O)c2sccc21. The second-order valence-electron chi connectivity index (χ2n) is 5.53. The standard InChI is InChI=1S/C16H16N4O5S/c17-12(21)9-20-11-4-7-26-14(11)15(23)19(16(20)24)5-3-13(22)18-8-10-2-1-6-25-10/h1-2,4,6-7H,3,5,8-9H2,(H2,17,21)(H,18,22). The fourth-order valence-corrected chi connectivity index (χ4v) is 3.38. The number of fused-ring (bicyclic) bond motifs is 1. The number of nitrogens with one attached hydrogen (secondary N) is 1. The molecule has 0 aliphatic carbocycles. The molecule has 0 aliphatic rings. The third-order valence-corrected chi connectivity index (χ3v) is 4.64. The van der Waals surface area contributed by atoms with Gasteiger partial charge < -0.3 is 15.5 Å². The highest BCUT2D eigenvalue weighted by Crippen LogP contribution is 2.15. The molecule has 3 aromatic heterocycles. The molecule has 0 atom stereocenters. The zero-order valence-corrected chi connectivity index (χ0v) is 14.5. The molecule has 3 N–H and O–H groups in total. The van der Waals surface area contributed by atoms with E-state index in [2.05, 4.69) is 5.32 Å². The lowest BCUT2D eigenvalue weighted by atomic mass is 10.3. The number of nitrogens with zero attached hydrogens (tertiary/aromatic N) is 2. The van der Waals surface area contributed by atoms with Crippen molar-refractivity contribution in [2.24, 2.45) is 5.73 Å². The van der Waals surface area contributed by atoms with Gasteiger partial charge in [0.2, 0.25) is 11.8 Å². The van der Waals surface area contributed by atoms with Crippen molar-refractivity contribution < 1.29 is 14.0 Å². The van der Waals surface area contributed by atoms with E-state index in [0.29, 0.717) is 16.0 Å². The number of thiophene rings is 1. The van der Waals surface area contributed by atoms with Crippen molar-refractivity contribution in [3.8, 4) is 0 Å². The van der Waals surface area contributed by atoms with Gasteiger partial charge in [0.25, 0.3) is 5.56 Å². The average Bonchev–Trinajstić information content (AvgIpc) is 3.28. The van der Waals surface area contributed by atoms with Crippen molar-refractivity contribution in [2.75, 3.05) is 0 Å². The summed E-state index contributed by atoms with van der Waals surface area (Å²) in [6.07, 6.45) is 1.43. The highest BCUT2D eigenvalue weighted by atomic mass is 32.1. The zero-order chi connectivity index (χ0) is 18.7. The summed E-state index contributed by atoms with van der Waals surface area (Å²) in [4.78, 5) is 48.3. The van der Waals surface area contributed by atoms with Gasteiger partial charge in [0, 0.05) is 13.0 Å². The van der Waals surface area contributed by atoms with E-state index in [1.54, 1.807) is 23.6 Å². The van der Waals surface area contributed by atoms with Crippen molar-refractivity contribution >= 4 is 33.4 Å². The van der Waals surface area contributed by atoms with Gasteiger partial charge >= 0.3 is 5.69 Å². The van der Waals surface area contributed by atoms with Crippen LogP contribution in [0, 0.1) is 0 Å². The molecular weight excluding hydrogens is 360 g/mol. The van der Waals surface area contributed by atoms with E-state index in [1.807, 2.05) is 0 Å². The number of hydrogen-bond acceptors (Lipinski definition) is 6. The van der Waals surface area contributed by atoms with Crippen LogP contribution in [-0.4, -0.2) is 20.9 Å². The second kappa shape index (κ2) is 7.40. The third-order valence-electron chi connectivity index (χ3n) is 3.75. The summed E-state index contributed by atoms with van der Waals surface area (Å²) < 4.78 is 7.55. The fraction of sp³-hybridized carbons (Fsp3) is 0.250. The Morgan fingerprint density at radius 2 is 2.04 bits per heavy atom. The number of furan rings is 1. The number of carbonyl (C=O) groups is 2. The molecule has 0 saturated carbocycles. The predicted molar refractivity (Wildman–Crippen MR) is 94.7 cm³/mol. The molecule has 0 spiro atoms. The number of hydrogen-bond donors (Lipinski definition) is 2. The summed E-state index contributed by atoms with van der Waals surface area (Å²) in [5, 5.41) is 4.30. The molecule has 136 valence electrons. The quantitative estimate of drug-likeness (QED) is 0.600. The molecule has 10 heteroatoms. The van der Waals surface area contributed by atoms with Crippen molar-refractivity contribution in [2.45, 2.75) is 26.1 Å². The molecule has 0 radical (unpaired) electrons. The van der Waals surface area contributed by atoms with Crippen LogP contribution in [0.25, 0.3) is 10.2 Å². The lowest BCUT2D eigenvalue weighted by Crippen LogP contribution is -2.42. The molecule has 2 amide bonds. The molecule has 0 aromatic carbocycles. The van der Waals surface area contributed by atoms with Gasteiger partial charge in [-0.05, 0) is 23.6 Å². The molecule has 0 unspecified atom stereocenters. The van der Waals surface area contributed by atoms with Gasteiger partial charge in [-0.3, -0.25) is 23.5 Å². The maximum absolute atomic E-state index is 12.6. The largest absolute Gasteiger partial charge is 0.467 e. The van der Waals surface area contributed by atoms with Gasteiger partial charge in [0.1, 0.15) is 17.0 Å². The molecule has 0 bridgehead atoms. The third kappa shape index (κ3) is 3.59. The van der Waals surface area contributed by atoms with Crippen LogP contribution < -0.4 is 22.3 Å². The minimum Gasteiger partial charge on any atom is -0.467 e. The van der Waals surface area contributed by atoms with Gasteiger partial charge in [-0.15, -0.1) is 11.3 Å². The van der Waals surface area contributed by atoms with Gasteiger partial charge in [0.15, 0.2) is 0 Å². The summed E-state index contributed by atoms with van der Waals surface area (Å²) in [6.45, 7) is -0.220. The van der Waals surface area contributed by atoms with E-state index >= 15 is 0 Å². The van der Waals surface area contributed by atoms with Crippen molar-refractivity contribution in [1.82, 2.24) is 14.5 Å². The van der Waals surface area contributed by atoms with Gasteiger partial charge in [-0.25, -0.2) is 4.79 Å². The second-order valence-corrected chi connectivity index (χ2v) is 6.45. The molecule has 3 heterocycles. The summed E-state index contributed by atoms with van der Waals surface area (Å²) >= 11 is 1.16. The molecule has 0 aliphatic heterocycles. The van der Waals surface area contributed by atoms with Crippen molar-refractivity contribution in [1.29, 1.82) is 0 Å². The predicted octanol–water partition coefficient (Wildman–Crippen LogP) is 0.00950. The zero-order valence-electron chi connectivity index (χ0n) is 13.6. The summed E-state index contributed by atoms with van der Waals surface area (Å²) in [5.74, 6) is -0.430. The Labute approximate surface area is 150 Å². The Balaban J connectivity index is 1.81. The Hall–Kier alpha value is -3.14. The first kappa shape index (κ1) is 17.7. The number of aromatic nitrogens is 2. The summed E-state index contributed by atoms with van der Waals surface area (Å²) in [7, 11) is 0. The van der Waals surface area contributed by atoms with Crippen LogP contribution in [0.1, 0.15) is 12.2 Å². The molecule has 3 aromatic rings. The minimum atomic E-state index is -0.694. The van der Waals surface area contributed by atoms with E-state index in [9.17, 15) is 19.2 Å². The molecule has 0 fully saturated rings. The van der Waals surface area contributed by atoms with Crippen LogP contribution >= 0.6 is 11.3 Å². The molecule has 0 saturated heterocycles. The van der Waals surface area contributed by atoms with Crippen molar-refractivity contribution in [3.63, 3.8) is 0 Å². The topological polar surface area (TPSA) is 129 Å². The lowest BCUT2D eigenvalue weighted by Gasteiger charge is -2.10. The number of amides is 2. The Kier molecular flexibility index (Phi) is 5.03. The van der Waals surface area contributed by atoms with E-state index < -0.39 is 17.2 Å². The van der Waals surface area contributed by atoms with E-state index in [0.717, 1.165) is 20.5 Å². The van der Waals surface area contributed by atoms with Crippen LogP contribution in [0.3, 0.4) is 0 Å². The van der Waals surface area contributed by atoms with E-state index in [-0.39, 0.29) is 32.0 Å². The number of carbonyl (C=O) groups excluding carboxylic acids is 2. The Morgan fingerprint density at radius 1 is 1.23 bits per heavy atom. The van der Waals surface area contributed by atoms with Crippen LogP contribution in [0.15, 0.2) is 43.8 Å². The average molecular weight is 376 g/mol. The monoisotopic (exact) mass is 376 g/mol. The first-order valence-electron chi connectivity index (χ1n) is 7.75. The molecule has 26 heavy (non-hydrogen) atoms.